The highest BCUT2D eigenvalue weighted by Crippen LogP contribution is 2.28. The van der Waals surface area contributed by atoms with Crippen LogP contribution in [0.15, 0.2) is 48.5 Å². The first-order chi connectivity index (χ1) is 10.6. The fourth-order valence-corrected chi connectivity index (χ4v) is 3.62. The van der Waals surface area contributed by atoms with Crippen molar-refractivity contribution in [2.24, 2.45) is 0 Å². The maximum Gasteiger partial charge on any atom is 0.335 e. The Morgan fingerprint density at radius 3 is 2.59 bits per heavy atom. The monoisotopic (exact) mass is 315 g/mol. The molecule has 2 N–H and O–H groups in total. The number of hydrogen-bond acceptors (Lipinski definition) is 3. The zero-order chi connectivity index (χ0) is 15.7. The van der Waals surface area contributed by atoms with E-state index in [-0.39, 0.29) is 16.9 Å². The van der Waals surface area contributed by atoms with Gasteiger partial charge >= 0.3 is 5.97 Å². The van der Waals surface area contributed by atoms with Crippen LogP contribution in [0.4, 0.5) is 5.69 Å². The standard InChI is InChI=1S/C16H13NO4S/c18-15-12-9-11(16(19)20)6-7-13(12)17-22(21)14(15)8-10-4-2-1-3-5-10/h1-7,9,14,17H,8H2,(H,19,20). The Kier molecular flexibility index (Phi) is 3.77. The van der Waals surface area contributed by atoms with Crippen LogP contribution in [0.1, 0.15) is 26.3 Å². The average Bonchev–Trinajstić information content (AvgIpc) is 2.52. The number of carboxylic acid groups (broad SMARTS) is 1. The lowest BCUT2D eigenvalue weighted by Crippen LogP contribution is -2.37. The van der Waals surface area contributed by atoms with Crippen molar-refractivity contribution in [2.45, 2.75) is 11.7 Å². The number of carboxylic acids is 1. The summed E-state index contributed by atoms with van der Waals surface area (Å²) in [5, 5.41) is 8.31. The summed E-state index contributed by atoms with van der Waals surface area (Å²) in [7, 11) is -1.53. The highest BCUT2D eigenvalue weighted by atomic mass is 32.2. The van der Waals surface area contributed by atoms with Gasteiger partial charge in [0.1, 0.15) is 16.2 Å². The molecule has 3 rings (SSSR count). The molecule has 112 valence electrons. The third-order valence-corrected chi connectivity index (χ3v) is 4.88. The van der Waals surface area contributed by atoms with E-state index in [0.717, 1.165) is 5.56 Å². The molecular formula is C16H13NO4S. The van der Waals surface area contributed by atoms with E-state index in [0.29, 0.717) is 12.1 Å². The van der Waals surface area contributed by atoms with E-state index >= 15 is 0 Å². The number of Topliss-reactive ketones (excluding diaryl/α,β-unsaturated/α-hetero) is 1. The summed E-state index contributed by atoms with van der Waals surface area (Å²) in [4.78, 5) is 23.6. The zero-order valence-electron chi connectivity index (χ0n) is 11.5. The molecule has 0 fully saturated rings. The predicted octanol–water partition coefficient (Wildman–Crippen LogP) is 2.27. The Hall–Kier alpha value is -2.47. The fourth-order valence-electron chi connectivity index (χ4n) is 2.42. The summed E-state index contributed by atoms with van der Waals surface area (Å²) in [6, 6.07) is 13.5. The van der Waals surface area contributed by atoms with E-state index < -0.39 is 22.2 Å². The van der Waals surface area contributed by atoms with Crippen LogP contribution in [-0.2, 0) is 17.4 Å². The van der Waals surface area contributed by atoms with Crippen molar-refractivity contribution in [1.82, 2.24) is 0 Å². The van der Waals surface area contributed by atoms with Crippen LogP contribution in [-0.4, -0.2) is 26.3 Å². The highest BCUT2D eigenvalue weighted by Gasteiger charge is 2.33. The number of ketones is 1. The molecule has 0 saturated carbocycles. The van der Waals surface area contributed by atoms with Crippen LogP contribution < -0.4 is 4.72 Å². The number of hydrogen-bond donors (Lipinski definition) is 2. The normalized spacial score (nSPS) is 20.1. The smallest absolute Gasteiger partial charge is 0.335 e. The van der Waals surface area contributed by atoms with Gasteiger partial charge in [0.2, 0.25) is 0 Å². The second-order valence-electron chi connectivity index (χ2n) is 5.01. The van der Waals surface area contributed by atoms with E-state index in [4.69, 9.17) is 5.11 Å². The minimum absolute atomic E-state index is 0.0417. The molecule has 1 aliphatic rings. The van der Waals surface area contributed by atoms with Gasteiger partial charge in [-0.05, 0) is 30.2 Å². The molecule has 2 unspecified atom stereocenters. The first-order valence-electron chi connectivity index (χ1n) is 6.69. The Labute approximate surface area is 129 Å². The molecule has 1 aliphatic heterocycles. The molecule has 0 spiro atoms. The number of carbonyl (C=O) groups is 2. The molecule has 0 aliphatic carbocycles. The zero-order valence-corrected chi connectivity index (χ0v) is 12.3. The number of rotatable bonds is 3. The number of benzene rings is 2. The van der Waals surface area contributed by atoms with Gasteiger partial charge in [-0.3, -0.25) is 4.79 Å². The summed E-state index contributed by atoms with van der Waals surface area (Å²) in [6.45, 7) is 0. The largest absolute Gasteiger partial charge is 0.478 e. The van der Waals surface area contributed by atoms with Crippen molar-refractivity contribution in [3.8, 4) is 0 Å². The summed E-state index contributed by atoms with van der Waals surface area (Å²) < 4.78 is 15.0. The lowest BCUT2D eigenvalue weighted by molar-refractivity contribution is 0.0697. The van der Waals surface area contributed by atoms with Crippen molar-refractivity contribution in [3.63, 3.8) is 0 Å². The van der Waals surface area contributed by atoms with Crippen molar-refractivity contribution in [3.05, 3.63) is 65.2 Å². The van der Waals surface area contributed by atoms with Crippen LogP contribution in [0.25, 0.3) is 0 Å². The third kappa shape index (κ3) is 2.65. The Bertz CT molecular complexity index is 773. The molecule has 22 heavy (non-hydrogen) atoms. The van der Waals surface area contributed by atoms with Crippen LogP contribution in [0.5, 0.6) is 0 Å². The number of aromatic carboxylic acids is 1. The molecule has 2 aromatic rings. The van der Waals surface area contributed by atoms with Gasteiger partial charge in [-0.2, -0.15) is 0 Å². The van der Waals surface area contributed by atoms with Gasteiger partial charge in [0.05, 0.1) is 11.3 Å². The summed E-state index contributed by atoms with van der Waals surface area (Å²) in [5.41, 5.74) is 1.65. The molecule has 0 aromatic heterocycles. The second-order valence-corrected chi connectivity index (χ2v) is 6.38. The third-order valence-electron chi connectivity index (χ3n) is 3.56. The molecule has 2 aromatic carbocycles. The molecule has 0 radical (unpaired) electrons. The first kappa shape index (κ1) is 14.5. The maximum atomic E-state index is 12.6. The topological polar surface area (TPSA) is 83.5 Å². The molecule has 6 heteroatoms. The maximum absolute atomic E-state index is 12.6. The van der Waals surface area contributed by atoms with Crippen molar-refractivity contribution >= 4 is 28.4 Å². The van der Waals surface area contributed by atoms with Gasteiger partial charge in [0, 0.05) is 5.56 Å². The lowest BCUT2D eigenvalue weighted by Gasteiger charge is -2.24. The van der Waals surface area contributed by atoms with E-state index in [9.17, 15) is 13.8 Å². The van der Waals surface area contributed by atoms with Crippen molar-refractivity contribution in [1.29, 1.82) is 0 Å². The number of carbonyl (C=O) groups excluding carboxylic acids is 1. The second kappa shape index (κ2) is 5.73. The van der Waals surface area contributed by atoms with E-state index in [1.165, 1.54) is 18.2 Å². The van der Waals surface area contributed by atoms with Crippen LogP contribution >= 0.6 is 0 Å². The molecule has 1 heterocycles. The highest BCUT2D eigenvalue weighted by molar-refractivity contribution is 7.88. The van der Waals surface area contributed by atoms with E-state index in [2.05, 4.69) is 4.72 Å². The fraction of sp³-hybridized carbons (Fsp3) is 0.125. The number of anilines is 1. The molecule has 5 nitrogen and oxygen atoms in total. The van der Waals surface area contributed by atoms with Gasteiger partial charge in [-0.1, -0.05) is 30.3 Å². The van der Waals surface area contributed by atoms with Gasteiger partial charge < -0.3 is 9.83 Å². The molecule has 0 amide bonds. The summed E-state index contributed by atoms with van der Waals surface area (Å²) in [6.07, 6.45) is 0.343. The molecular weight excluding hydrogens is 302 g/mol. The van der Waals surface area contributed by atoms with Crippen molar-refractivity contribution < 1.29 is 18.9 Å². The summed E-state index contributed by atoms with van der Waals surface area (Å²) in [5.74, 6) is -1.39. The van der Waals surface area contributed by atoms with Gasteiger partial charge in [0.25, 0.3) is 0 Å². The Balaban J connectivity index is 1.95. The average molecular weight is 315 g/mol. The summed E-state index contributed by atoms with van der Waals surface area (Å²) >= 11 is 0. The van der Waals surface area contributed by atoms with Crippen LogP contribution in [0.2, 0.25) is 0 Å². The number of nitrogens with one attached hydrogen (secondary N) is 1. The van der Waals surface area contributed by atoms with E-state index in [1.807, 2.05) is 30.3 Å². The molecule has 0 saturated heterocycles. The quantitative estimate of drug-likeness (QED) is 0.910. The first-order valence-corrected chi connectivity index (χ1v) is 7.90. The minimum Gasteiger partial charge on any atom is -0.478 e. The Morgan fingerprint density at radius 2 is 1.91 bits per heavy atom. The SMILES string of the molecule is O=C(O)c1ccc2c(c1)C(=O)C(Cc1ccccc1)S(=O)N2. The van der Waals surface area contributed by atoms with Crippen LogP contribution in [0.3, 0.4) is 0 Å². The van der Waals surface area contributed by atoms with Gasteiger partial charge in [0.15, 0.2) is 5.78 Å². The lowest BCUT2D eigenvalue weighted by atomic mass is 9.99. The number of fused-ring (bicyclic) bond motifs is 1. The van der Waals surface area contributed by atoms with Gasteiger partial charge in [-0.15, -0.1) is 0 Å². The van der Waals surface area contributed by atoms with Gasteiger partial charge in [-0.25, -0.2) is 9.00 Å². The van der Waals surface area contributed by atoms with Crippen LogP contribution in [0, 0.1) is 0 Å². The predicted molar refractivity (Wildman–Crippen MR) is 83.4 cm³/mol. The molecule has 2 atom stereocenters. The van der Waals surface area contributed by atoms with E-state index in [1.54, 1.807) is 0 Å². The minimum atomic E-state index is -1.53. The van der Waals surface area contributed by atoms with Crippen molar-refractivity contribution in [2.75, 3.05) is 4.72 Å². The Morgan fingerprint density at radius 1 is 1.18 bits per heavy atom. The molecule has 0 bridgehead atoms.